The molecule has 1 N–H and O–H groups in total. The van der Waals surface area contributed by atoms with Crippen LogP contribution in [0, 0.1) is 6.92 Å². The van der Waals surface area contributed by atoms with Crippen molar-refractivity contribution < 1.29 is 14.6 Å². The van der Waals surface area contributed by atoms with Gasteiger partial charge in [0.2, 0.25) is 0 Å². The van der Waals surface area contributed by atoms with Crippen LogP contribution in [-0.4, -0.2) is 18.0 Å². The van der Waals surface area contributed by atoms with Crippen LogP contribution in [0.1, 0.15) is 21.5 Å². The molecule has 3 heteroatoms. The maximum atomic E-state index is 12.0. The summed E-state index contributed by atoms with van der Waals surface area (Å²) in [4.78, 5) is 12.0. The lowest BCUT2D eigenvalue weighted by molar-refractivity contribution is 0.104. The molecule has 2 rings (SSSR count). The summed E-state index contributed by atoms with van der Waals surface area (Å²) in [5.74, 6) is 0.882. The average Bonchev–Trinajstić information content (AvgIpc) is 2.48. The summed E-state index contributed by atoms with van der Waals surface area (Å²) in [6.45, 7) is 1.76. The highest BCUT2D eigenvalue weighted by Crippen LogP contribution is 2.18. The summed E-state index contributed by atoms with van der Waals surface area (Å²) < 4.78 is 5.07. The van der Waals surface area contributed by atoms with Crippen LogP contribution >= 0.6 is 0 Å². The van der Waals surface area contributed by atoms with Crippen molar-refractivity contribution in [2.24, 2.45) is 0 Å². The summed E-state index contributed by atoms with van der Waals surface area (Å²) in [5, 5.41) is 9.44. The zero-order valence-electron chi connectivity index (χ0n) is 11.5. The second-order valence-electron chi connectivity index (χ2n) is 4.47. The van der Waals surface area contributed by atoms with Crippen molar-refractivity contribution in [3.05, 3.63) is 65.2 Å². The van der Waals surface area contributed by atoms with Crippen molar-refractivity contribution in [2.45, 2.75) is 6.92 Å². The van der Waals surface area contributed by atoms with Gasteiger partial charge in [0.05, 0.1) is 7.11 Å². The Morgan fingerprint density at radius 3 is 2.45 bits per heavy atom. The second kappa shape index (κ2) is 6.06. The molecule has 0 amide bonds. The van der Waals surface area contributed by atoms with Crippen molar-refractivity contribution in [3.63, 3.8) is 0 Å². The lowest BCUT2D eigenvalue weighted by Crippen LogP contribution is -1.94. The molecule has 0 saturated carbocycles. The van der Waals surface area contributed by atoms with Gasteiger partial charge in [-0.1, -0.05) is 18.2 Å². The van der Waals surface area contributed by atoms with Gasteiger partial charge >= 0.3 is 0 Å². The first-order valence-electron chi connectivity index (χ1n) is 6.26. The van der Waals surface area contributed by atoms with Gasteiger partial charge in [0, 0.05) is 5.56 Å². The summed E-state index contributed by atoms with van der Waals surface area (Å²) >= 11 is 0. The molecule has 0 unspecified atom stereocenters. The van der Waals surface area contributed by atoms with Gasteiger partial charge in [-0.3, -0.25) is 4.79 Å². The number of ketones is 1. The number of ether oxygens (including phenoxy) is 1. The zero-order valence-corrected chi connectivity index (χ0v) is 11.5. The SMILES string of the molecule is COc1ccc(/C=C/C(=O)c2ccc(O)c(C)c2)cc1. The van der Waals surface area contributed by atoms with Gasteiger partial charge in [-0.05, 0) is 54.5 Å². The van der Waals surface area contributed by atoms with Crippen LogP contribution in [-0.2, 0) is 0 Å². The van der Waals surface area contributed by atoms with Crippen molar-refractivity contribution >= 4 is 11.9 Å². The van der Waals surface area contributed by atoms with Crippen LogP contribution in [0.25, 0.3) is 6.08 Å². The standard InChI is InChI=1S/C17H16O3/c1-12-11-14(6-10-16(12)18)17(19)9-5-13-3-7-15(20-2)8-4-13/h3-11,18H,1-2H3/b9-5+. The predicted octanol–water partition coefficient (Wildman–Crippen LogP) is 3.61. The third-order valence-electron chi connectivity index (χ3n) is 3.02. The lowest BCUT2D eigenvalue weighted by atomic mass is 10.1. The first-order chi connectivity index (χ1) is 9.60. The third kappa shape index (κ3) is 3.26. The van der Waals surface area contributed by atoms with Gasteiger partial charge in [0.1, 0.15) is 11.5 Å². The van der Waals surface area contributed by atoms with E-state index < -0.39 is 0 Å². The summed E-state index contributed by atoms with van der Waals surface area (Å²) in [6.07, 6.45) is 3.28. The Kier molecular flexibility index (Phi) is 4.20. The average molecular weight is 268 g/mol. The van der Waals surface area contributed by atoms with E-state index in [0.29, 0.717) is 11.1 Å². The molecule has 2 aromatic carbocycles. The van der Waals surface area contributed by atoms with Crippen LogP contribution in [0.2, 0.25) is 0 Å². The van der Waals surface area contributed by atoms with Crippen LogP contribution in [0.5, 0.6) is 11.5 Å². The number of rotatable bonds is 4. The van der Waals surface area contributed by atoms with Gasteiger partial charge < -0.3 is 9.84 Å². The van der Waals surface area contributed by atoms with Crippen molar-refractivity contribution in [1.82, 2.24) is 0 Å². The largest absolute Gasteiger partial charge is 0.508 e. The monoisotopic (exact) mass is 268 g/mol. The lowest BCUT2D eigenvalue weighted by Gasteiger charge is -2.01. The third-order valence-corrected chi connectivity index (χ3v) is 3.02. The van der Waals surface area contributed by atoms with E-state index in [9.17, 15) is 9.90 Å². The summed E-state index contributed by atoms with van der Waals surface area (Å²) in [5.41, 5.74) is 2.17. The molecule has 0 bridgehead atoms. The molecule has 20 heavy (non-hydrogen) atoms. The molecular weight excluding hydrogens is 252 g/mol. The minimum Gasteiger partial charge on any atom is -0.508 e. The summed E-state index contributed by atoms with van der Waals surface area (Å²) in [6, 6.07) is 12.3. The number of allylic oxidation sites excluding steroid dienone is 1. The van der Waals surface area contributed by atoms with Crippen LogP contribution < -0.4 is 4.74 Å². The maximum Gasteiger partial charge on any atom is 0.185 e. The minimum atomic E-state index is -0.0936. The first-order valence-corrected chi connectivity index (χ1v) is 6.26. The fraction of sp³-hybridized carbons (Fsp3) is 0.118. The number of hydrogen-bond acceptors (Lipinski definition) is 3. The highest BCUT2D eigenvalue weighted by molar-refractivity contribution is 6.07. The van der Waals surface area contributed by atoms with E-state index in [1.54, 1.807) is 32.2 Å². The van der Waals surface area contributed by atoms with E-state index in [0.717, 1.165) is 11.3 Å². The van der Waals surface area contributed by atoms with Crippen molar-refractivity contribution in [3.8, 4) is 11.5 Å². The Morgan fingerprint density at radius 1 is 1.15 bits per heavy atom. The van der Waals surface area contributed by atoms with Crippen molar-refractivity contribution in [2.75, 3.05) is 7.11 Å². The van der Waals surface area contributed by atoms with Crippen molar-refractivity contribution in [1.29, 1.82) is 0 Å². The molecule has 3 nitrogen and oxygen atoms in total. The van der Waals surface area contributed by atoms with Gasteiger partial charge in [-0.25, -0.2) is 0 Å². The Hall–Kier alpha value is -2.55. The summed E-state index contributed by atoms with van der Waals surface area (Å²) in [7, 11) is 1.61. The molecule has 0 heterocycles. The molecule has 0 aliphatic carbocycles. The Bertz CT molecular complexity index is 640. The molecule has 2 aromatic rings. The van der Waals surface area contributed by atoms with Crippen LogP contribution in [0.3, 0.4) is 0 Å². The number of benzene rings is 2. The van der Waals surface area contributed by atoms with E-state index in [1.165, 1.54) is 12.1 Å². The number of aromatic hydroxyl groups is 1. The Balaban J connectivity index is 2.13. The molecule has 0 atom stereocenters. The zero-order chi connectivity index (χ0) is 14.5. The van der Waals surface area contributed by atoms with E-state index in [2.05, 4.69) is 0 Å². The number of hydrogen-bond donors (Lipinski definition) is 1. The highest BCUT2D eigenvalue weighted by atomic mass is 16.5. The van der Waals surface area contributed by atoms with Gasteiger partial charge in [-0.15, -0.1) is 0 Å². The maximum absolute atomic E-state index is 12.0. The smallest absolute Gasteiger partial charge is 0.185 e. The molecule has 0 aromatic heterocycles. The fourth-order valence-corrected chi connectivity index (χ4v) is 1.79. The van der Waals surface area contributed by atoms with E-state index in [1.807, 2.05) is 24.3 Å². The second-order valence-corrected chi connectivity index (χ2v) is 4.47. The normalized spacial score (nSPS) is 10.7. The first kappa shape index (κ1) is 13.9. The number of carbonyl (C=O) groups is 1. The van der Waals surface area contributed by atoms with E-state index in [4.69, 9.17) is 4.74 Å². The highest BCUT2D eigenvalue weighted by Gasteiger charge is 2.04. The molecule has 0 aliphatic heterocycles. The van der Waals surface area contributed by atoms with Gasteiger partial charge in [0.15, 0.2) is 5.78 Å². The predicted molar refractivity (Wildman–Crippen MR) is 79.2 cm³/mol. The minimum absolute atomic E-state index is 0.0936. The molecule has 0 saturated heterocycles. The molecule has 0 radical (unpaired) electrons. The molecule has 0 aliphatic rings. The number of phenolic OH excluding ortho intramolecular Hbond substituents is 1. The van der Waals surface area contributed by atoms with E-state index in [-0.39, 0.29) is 11.5 Å². The topological polar surface area (TPSA) is 46.5 Å². The van der Waals surface area contributed by atoms with E-state index >= 15 is 0 Å². The Labute approximate surface area is 118 Å². The molecule has 0 fully saturated rings. The number of carbonyl (C=O) groups excluding carboxylic acids is 1. The fourth-order valence-electron chi connectivity index (χ4n) is 1.79. The quantitative estimate of drug-likeness (QED) is 0.680. The van der Waals surface area contributed by atoms with Crippen LogP contribution in [0.15, 0.2) is 48.5 Å². The van der Waals surface area contributed by atoms with Gasteiger partial charge in [0.25, 0.3) is 0 Å². The molecular formula is C17H16O3. The van der Waals surface area contributed by atoms with Gasteiger partial charge in [-0.2, -0.15) is 0 Å². The number of aryl methyl sites for hydroxylation is 1. The molecule has 102 valence electrons. The molecule has 0 spiro atoms. The Morgan fingerprint density at radius 2 is 1.85 bits per heavy atom. The number of methoxy groups -OCH3 is 1. The van der Waals surface area contributed by atoms with Crippen LogP contribution in [0.4, 0.5) is 0 Å². The number of phenols is 1.